The van der Waals surface area contributed by atoms with Gasteiger partial charge in [-0.05, 0) is 43.7 Å². The number of aryl methyl sites for hydroxylation is 1. The Morgan fingerprint density at radius 3 is 2.51 bits per heavy atom. The highest BCUT2D eigenvalue weighted by Gasteiger charge is 2.23. The number of amides is 1. The van der Waals surface area contributed by atoms with Gasteiger partial charge >= 0.3 is 11.9 Å². The first-order valence-electron chi connectivity index (χ1n) is 10.6. The van der Waals surface area contributed by atoms with Crippen molar-refractivity contribution in [3.8, 4) is 16.9 Å². The zero-order valence-corrected chi connectivity index (χ0v) is 20.0. The van der Waals surface area contributed by atoms with Gasteiger partial charge in [0.2, 0.25) is 0 Å². The number of aromatic nitrogens is 3. The molecule has 0 atom stereocenters. The standard InChI is InChI=1S/C24H22N4O6S/c1-4-33-24(31)21-18(15-5-8-17(32-3)9-6-15)13-35-22(21)25-20(29)12-34-23(30)16-7-10-19-27-26-14(2)28(19)11-16/h5-11,13H,4,12H2,1-3H3,(H,25,29). The van der Waals surface area contributed by atoms with E-state index in [1.54, 1.807) is 61.2 Å². The van der Waals surface area contributed by atoms with E-state index in [0.29, 0.717) is 27.8 Å². The van der Waals surface area contributed by atoms with Crippen LogP contribution in [0.3, 0.4) is 0 Å². The van der Waals surface area contributed by atoms with Crippen LogP contribution in [-0.2, 0) is 14.3 Å². The van der Waals surface area contributed by atoms with Crippen LogP contribution in [0, 0.1) is 6.92 Å². The first-order valence-corrected chi connectivity index (χ1v) is 11.5. The van der Waals surface area contributed by atoms with Crippen molar-refractivity contribution >= 4 is 39.8 Å². The Bertz CT molecular complexity index is 1390. The van der Waals surface area contributed by atoms with Gasteiger partial charge in [0.15, 0.2) is 12.3 Å². The Kier molecular flexibility index (Phi) is 7.06. The molecule has 0 spiro atoms. The molecule has 0 radical (unpaired) electrons. The summed E-state index contributed by atoms with van der Waals surface area (Å²) in [6, 6.07) is 10.4. The molecule has 0 aliphatic heterocycles. The second kappa shape index (κ2) is 10.3. The van der Waals surface area contributed by atoms with Crippen molar-refractivity contribution in [2.45, 2.75) is 13.8 Å². The molecule has 0 saturated carbocycles. The molecule has 0 saturated heterocycles. The van der Waals surface area contributed by atoms with E-state index in [4.69, 9.17) is 14.2 Å². The maximum Gasteiger partial charge on any atom is 0.341 e. The second-order valence-corrected chi connectivity index (χ2v) is 8.20. The number of carbonyl (C=O) groups excluding carboxylic acids is 3. The molecule has 0 fully saturated rings. The van der Waals surface area contributed by atoms with Crippen LogP contribution in [0.1, 0.15) is 33.5 Å². The van der Waals surface area contributed by atoms with E-state index < -0.39 is 24.5 Å². The van der Waals surface area contributed by atoms with Gasteiger partial charge in [0.05, 0.1) is 19.3 Å². The molecule has 0 aliphatic rings. The van der Waals surface area contributed by atoms with Gasteiger partial charge in [-0.25, -0.2) is 9.59 Å². The summed E-state index contributed by atoms with van der Waals surface area (Å²) in [6.07, 6.45) is 1.55. The number of thiophene rings is 1. The van der Waals surface area contributed by atoms with E-state index in [1.807, 2.05) is 12.1 Å². The zero-order valence-electron chi connectivity index (χ0n) is 19.2. The minimum atomic E-state index is -0.675. The summed E-state index contributed by atoms with van der Waals surface area (Å²) < 4.78 is 17.2. The Morgan fingerprint density at radius 1 is 1.03 bits per heavy atom. The van der Waals surface area contributed by atoms with Crippen molar-refractivity contribution in [3.05, 3.63) is 64.9 Å². The van der Waals surface area contributed by atoms with E-state index in [-0.39, 0.29) is 17.7 Å². The van der Waals surface area contributed by atoms with E-state index >= 15 is 0 Å². The number of pyridine rings is 1. The Hall–Kier alpha value is -4.25. The van der Waals surface area contributed by atoms with E-state index in [0.717, 1.165) is 5.56 Å². The van der Waals surface area contributed by atoms with E-state index in [2.05, 4.69) is 15.5 Å². The maximum atomic E-state index is 12.7. The van der Waals surface area contributed by atoms with E-state index in [9.17, 15) is 14.4 Å². The number of hydrogen-bond donors (Lipinski definition) is 1. The molecule has 10 nitrogen and oxygen atoms in total. The average Bonchev–Trinajstić information content (AvgIpc) is 3.46. The average molecular weight is 495 g/mol. The van der Waals surface area contributed by atoms with Crippen LogP contribution in [-0.4, -0.2) is 52.8 Å². The minimum absolute atomic E-state index is 0.179. The fraction of sp³-hybridized carbons (Fsp3) is 0.208. The molecule has 11 heteroatoms. The van der Waals surface area contributed by atoms with E-state index in [1.165, 1.54) is 11.3 Å². The largest absolute Gasteiger partial charge is 0.497 e. The molecule has 0 bridgehead atoms. The summed E-state index contributed by atoms with van der Waals surface area (Å²) in [4.78, 5) is 37.7. The maximum absolute atomic E-state index is 12.7. The molecule has 4 rings (SSSR count). The fourth-order valence-corrected chi connectivity index (χ4v) is 4.32. The number of esters is 2. The third-order valence-corrected chi connectivity index (χ3v) is 5.96. The van der Waals surface area contributed by atoms with Gasteiger partial charge in [-0.3, -0.25) is 9.20 Å². The van der Waals surface area contributed by atoms with Gasteiger partial charge < -0.3 is 19.5 Å². The summed E-state index contributed by atoms with van der Waals surface area (Å²) in [5.74, 6) is -0.538. The number of methoxy groups -OCH3 is 1. The lowest BCUT2D eigenvalue weighted by molar-refractivity contribution is -0.119. The van der Waals surface area contributed by atoms with Crippen LogP contribution in [0.15, 0.2) is 48.0 Å². The summed E-state index contributed by atoms with van der Waals surface area (Å²) in [6.45, 7) is 3.10. The van der Waals surface area contributed by atoms with Crippen molar-refractivity contribution in [3.63, 3.8) is 0 Å². The number of nitrogens with zero attached hydrogens (tertiary/aromatic N) is 3. The first kappa shape index (κ1) is 23.9. The molecular formula is C24H22N4O6S. The zero-order chi connectivity index (χ0) is 24.9. The third kappa shape index (κ3) is 5.14. The molecule has 1 N–H and O–H groups in total. The number of hydrogen-bond acceptors (Lipinski definition) is 9. The predicted octanol–water partition coefficient (Wildman–Crippen LogP) is 3.75. The summed E-state index contributed by atoms with van der Waals surface area (Å²) in [5.41, 5.74) is 2.44. The summed E-state index contributed by atoms with van der Waals surface area (Å²) >= 11 is 1.18. The minimum Gasteiger partial charge on any atom is -0.497 e. The Balaban J connectivity index is 1.48. The van der Waals surface area contributed by atoms with Gasteiger partial charge in [-0.15, -0.1) is 21.5 Å². The van der Waals surface area contributed by atoms with Crippen molar-refractivity contribution in [2.24, 2.45) is 0 Å². The third-order valence-electron chi connectivity index (χ3n) is 5.07. The van der Waals surface area contributed by atoms with Gasteiger partial charge in [-0.1, -0.05) is 12.1 Å². The Labute approximate surface area is 204 Å². The fourth-order valence-electron chi connectivity index (χ4n) is 3.34. The molecule has 3 heterocycles. The summed E-state index contributed by atoms with van der Waals surface area (Å²) in [7, 11) is 1.57. The molecule has 0 aliphatic carbocycles. The van der Waals surface area contributed by atoms with Crippen LogP contribution in [0.4, 0.5) is 5.00 Å². The van der Waals surface area contributed by atoms with Crippen molar-refractivity contribution in [1.82, 2.24) is 14.6 Å². The molecule has 35 heavy (non-hydrogen) atoms. The number of fused-ring (bicyclic) bond motifs is 1. The molecule has 180 valence electrons. The van der Waals surface area contributed by atoms with Gasteiger partial charge in [0.25, 0.3) is 5.91 Å². The van der Waals surface area contributed by atoms with Crippen LogP contribution in [0.2, 0.25) is 0 Å². The molecule has 1 amide bonds. The van der Waals surface area contributed by atoms with Crippen LogP contribution >= 0.6 is 11.3 Å². The monoisotopic (exact) mass is 494 g/mol. The number of benzene rings is 1. The van der Waals surface area contributed by atoms with Crippen LogP contribution < -0.4 is 10.1 Å². The lowest BCUT2D eigenvalue weighted by Crippen LogP contribution is -2.22. The van der Waals surface area contributed by atoms with Crippen molar-refractivity contribution in [2.75, 3.05) is 25.6 Å². The Morgan fingerprint density at radius 2 is 1.80 bits per heavy atom. The number of rotatable bonds is 8. The smallest absolute Gasteiger partial charge is 0.341 e. The molecule has 0 unspecified atom stereocenters. The SMILES string of the molecule is CCOC(=O)c1c(-c2ccc(OC)cc2)csc1NC(=O)COC(=O)c1ccc2nnc(C)n2c1. The lowest BCUT2D eigenvalue weighted by atomic mass is 10.0. The normalized spacial score (nSPS) is 10.7. The predicted molar refractivity (Wildman–Crippen MR) is 129 cm³/mol. The number of ether oxygens (including phenoxy) is 3. The quantitative estimate of drug-likeness (QED) is 0.368. The van der Waals surface area contributed by atoms with Crippen molar-refractivity contribution < 1.29 is 28.6 Å². The van der Waals surface area contributed by atoms with Gasteiger partial charge in [0.1, 0.15) is 22.1 Å². The highest BCUT2D eigenvalue weighted by atomic mass is 32.1. The molecule has 1 aromatic carbocycles. The first-order chi connectivity index (χ1) is 16.9. The topological polar surface area (TPSA) is 121 Å². The second-order valence-electron chi connectivity index (χ2n) is 7.32. The van der Waals surface area contributed by atoms with Crippen LogP contribution in [0.5, 0.6) is 5.75 Å². The molecule has 3 aromatic heterocycles. The van der Waals surface area contributed by atoms with Crippen molar-refractivity contribution in [1.29, 1.82) is 0 Å². The summed E-state index contributed by atoms with van der Waals surface area (Å²) in [5, 5.41) is 12.6. The van der Waals surface area contributed by atoms with Crippen LogP contribution in [0.25, 0.3) is 16.8 Å². The lowest BCUT2D eigenvalue weighted by Gasteiger charge is -2.10. The number of nitrogens with one attached hydrogen (secondary N) is 1. The molecular weight excluding hydrogens is 472 g/mol. The van der Waals surface area contributed by atoms with Gasteiger partial charge in [-0.2, -0.15) is 0 Å². The number of anilines is 1. The highest BCUT2D eigenvalue weighted by Crippen LogP contribution is 2.36. The molecule has 4 aromatic rings. The number of carbonyl (C=O) groups is 3. The highest BCUT2D eigenvalue weighted by molar-refractivity contribution is 7.15. The van der Waals surface area contributed by atoms with Gasteiger partial charge in [0, 0.05) is 17.1 Å².